The summed E-state index contributed by atoms with van der Waals surface area (Å²) >= 11 is 0. The molecule has 0 spiro atoms. The molecule has 4 aromatic heterocycles. The number of hydrogen-bond donors (Lipinski definition) is 0. The highest BCUT2D eigenvalue weighted by atomic mass is 16.6. The number of aromatic nitrogens is 6. The van der Waals surface area contributed by atoms with Gasteiger partial charge < -0.3 is 14.4 Å². The molecule has 0 saturated carbocycles. The monoisotopic (exact) mass is 529 g/mol. The van der Waals surface area contributed by atoms with E-state index in [1.165, 1.54) is 0 Å². The molecular formula is C29H35N7O3. The third kappa shape index (κ3) is 5.38. The third-order valence-corrected chi connectivity index (χ3v) is 7.34. The lowest BCUT2D eigenvalue weighted by molar-refractivity contribution is -0.0365. The van der Waals surface area contributed by atoms with Gasteiger partial charge in [-0.25, -0.2) is 9.48 Å². The van der Waals surface area contributed by atoms with Crippen molar-refractivity contribution < 1.29 is 14.3 Å². The normalized spacial score (nSPS) is 18.9. The van der Waals surface area contributed by atoms with E-state index in [4.69, 9.17) is 24.7 Å². The van der Waals surface area contributed by atoms with Crippen LogP contribution in [0.1, 0.15) is 65.1 Å². The molecule has 2 fully saturated rings. The molecule has 2 aliphatic heterocycles. The van der Waals surface area contributed by atoms with Gasteiger partial charge in [0.2, 0.25) is 0 Å². The summed E-state index contributed by atoms with van der Waals surface area (Å²) < 4.78 is 15.7. The fourth-order valence-corrected chi connectivity index (χ4v) is 5.36. The number of likely N-dealkylation sites (tertiary alicyclic amines) is 1. The zero-order chi connectivity index (χ0) is 27.0. The maximum absolute atomic E-state index is 12.5. The number of piperidine rings is 1. The highest BCUT2D eigenvalue weighted by molar-refractivity contribution is 5.94. The summed E-state index contributed by atoms with van der Waals surface area (Å²) in [6, 6.07) is 6.22. The molecule has 0 radical (unpaired) electrons. The average Bonchev–Trinajstić information content (AvgIpc) is 3.58. The van der Waals surface area contributed by atoms with Crippen LogP contribution in [0.25, 0.3) is 33.4 Å². The second-order valence-corrected chi connectivity index (χ2v) is 11.4. The minimum atomic E-state index is -0.494. The van der Waals surface area contributed by atoms with Crippen LogP contribution in [0, 0.1) is 0 Å². The van der Waals surface area contributed by atoms with Crippen molar-refractivity contribution in [3.63, 3.8) is 0 Å². The zero-order valence-corrected chi connectivity index (χ0v) is 22.8. The molecule has 10 heteroatoms. The van der Waals surface area contributed by atoms with Crippen molar-refractivity contribution in [3.05, 3.63) is 49.2 Å². The predicted octanol–water partition coefficient (Wildman–Crippen LogP) is 5.63. The molecule has 6 heterocycles. The Balaban J connectivity index is 1.28. The van der Waals surface area contributed by atoms with Gasteiger partial charge in [0.05, 0.1) is 29.6 Å². The number of nitrogens with zero attached hydrogens (tertiary/aromatic N) is 7. The summed E-state index contributed by atoms with van der Waals surface area (Å²) in [5, 5.41) is 10.8. The van der Waals surface area contributed by atoms with Crippen LogP contribution in [0.2, 0.25) is 0 Å². The Morgan fingerprint density at radius 2 is 1.92 bits per heavy atom. The fraction of sp³-hybridized carbons (Fsp3) is 0.483. The van der Waals surface area contributed by atoms with Crippen LogP contribution in [0.3, 0.4) is 0 Å². The maximum atomic E-state index is 12.5. The van der Waals surface area contributed by atoms with E-state index in [0.29, 0.717) is 13.1 Å². The quantitative estimate of drug-likeness (QED) is 0.338. The van der Waals surface area contributed by atoms with Crippen molar-refractivity contribution in [3.8, 4) is 22.5 Å². The van der Waals surface area contributed by atoms with Crippen molar-refractivity contribution in [2.75, 3.05) is 19.7 Å². The lowest BCUT2D eigenvalue weighted by Gasteiger charge is -2.33. The number of amides is 1. The van der Waals surface area contributed by atoms with Crippen molar-refractivity contribution in [2.24, 2.45) is 0 Å². The van der Waals surface area contributed by atoms with Crippen LogP contribution >= 0.6 is 0 Å². The molecule has 2 aliphatic rings. The summed E-state index contributed by atoms with van der Waals surface area (Å²) in [6.07, 6.45) is 13.8. The van der Waals surface area contributed by atoms with E-state index < -0.39 is 5.60 Å². The van der Waals surface area contributed by atoms with Gasteiger partial charge in [-0.1, -0.05) is 0 Å². The summed E-state index contributed by atoms with van der Waals surface area (Å²) in [5.74, 6) is 0. The SMILES string of the molecule is CC(C)(C)OC(=O)N1CCC(n2cc(-c3nn(C4CCCCO4)c4cnc(-c5cccnc5)cc34)cn2)CC1. The lowest BCUT2D eigenvalue weighted by Crippen LogP contribution is -2.42. The van der Waals surface area contributed by atoms with E-state index in [-0.39, 0.29) is 18.4 Å². The Morgan fingerprint density at radius 3 is 2.64 bits per heavy atom. The summed E-state index contributed by atoms with van der Waals surface area (Å²) in [5.41, 5.74) is 4.08. The van der Waals surface area contributed by atoms with Crippen molar-refractivity contribution >= 4 is 17.0 Å². The Hall–Kier alpha value is -3.79. The van der Waals surface area contributed by atoms with Gasteiger partial charge in [0.15, 0.2) is 6.23 Å². The minimum absolute atomic E-state index is 0.103. The van der Waals surface area contributed by atoms with Crippen LogP contribution in [-0.2, 0) is 9.47 Å². The van der Waals surface area contributed by atoms with Crippen molar-refractivity contribution in [1.82, 2.24) is 34.4 Å². The molecule has 2 saturated heterocycles. The van der Waals surface area contributed by atoms with Crippen LogP contribution in [0.15, 0.2) is 49.2 Å². The molecule has 0 bridgehead atoms. The molecule has 1 unspecified atom stereocenters. The Kier molecular flexibility index (Phi) is 6.80. The number of fused-ring (bicyclic) bond motifs is 1. The maximum Gasteiger partial charge on any atom is 0.410 e. The second-order valence-electron chi connectivity index (χ2n) is 11.4. The average molecular weight is 530 g/mol. The number of carbonyl (C=O) groups excluding carboxylic acids is 1. The predicted molar refractivity (Wildman–Crippen MR) is 147 cm³/mol. The van der Waals surface area contributed by atoms with Gasteiger partial charge in [0, 0.05) is 54.8 Å². The van der Waals surface area contributed by atoms with E-state index in [1.54, 1.807) is 11.1 Å². The van der Waals surface area contributed by atoms with Crippen LogP contribution in [0.4, 0.5) is 4.79 Å². The molecule has 39 heavy (non-hydrogen) atoms. The smallest absolute Gasteiger partial charge is 0.410 e. The summed E-state index contributed by atoms with van der Waals surface area (Å²) in [7, 11) is 0. The minimum Gasteiger partial charge on any atom is -0.444 e. The van der Waals surface area contributed by atoms with Crippen LogP contribution in [-0.4, -0.2) is 65.8 Å². The first-order valence-electron chi connectivity index (χ1n) is 13.8. The number of ether oxygens (including phenoxy) is 2. The molecule has 10 nitrogen and oxygen atoms in total. The van der Waals surface area contributed by atoms with Gasteiger partial charge in [-0.15, -0.1) is 0 Å². The largest absolute Gasteiger partial charge is 0.444 e. The first-order chi connectivity index (χ1) is 18.9. The van der Waals surface area contributed by atoms with E-state index in [2.05, 4.69) is 17.2 Å². The first-order valence-corrected chi connectivity index (χ1v) is 13.8. The molecule has 1 amide bonds. The molecule has 204 valence electrons. The number of hydrogen-bond acceptors (Lipinski definition) is 7. The second kappa shape index (κ2) is 10.4. The Labute approximate surface area is 227 Å². The van der Waals surface area contributed by atoms with Gasteiger partial charge in [-0.05, 0) is 71.1 Å². The van der Waals surface area contributed by atoms with Gasteiger partial charge in [0.1, 0.15) is 11.3 Å². The molecule has 0 aromatic carbocycles. The summed E-state index contributed by atoms with van der Waals surface area (Å²) in [4.78, 5) is 23.3. The number of carbonyl (C=O) groups is 1. The zero-order valence-electron chi connectivity index (χ0n) is 22.8. The van der Waals surface area contributed by atoms with E-state index >= 15 is 0 Å². The molecule has 4 aromatic rings. The van der Waals surface area contributed by atoms with Crippen LogP contribution in [0.5, 0.6) is 0 Å². The number of pyridine rings is 2. The molecule has 0 aliphatic carbocycles. The van der Waals surface area contributed by atoms with Crippen molar-refractivity contribution in [1.29, 1.82) is 0 Å². The van der Waals surface area contributed by atoms with Crippen LogP contribution < -0.4 is 0 Å². The molecule has 0 N–H and O–H groups in total. The molecule has 1 atom stereocenters. The lowest BCUT2D eigenvalue weighted by atomic mass is 10.1. The molecular weight excluding hydrogens is 494 g/mol. The highest BCUT2D eigenvalue weighted by Gasteiger charge is 2.29. The van der Waals surface area contributed by atoms with Crippen molar-refractivity contribution in [2.45, 2.75) is 70.7 Å². The highest BCUT2D eigenvalue weighted by Crippen LogP contribution is 2.35. The standard InChI is InChI=1S/C29H35N7O3/c1-29(2,3)39-28(37)34-12-9-22(10-13-34)35-19-21(17-32-35)27-23-15-24(20-7-6-11-30-16-20)31-18-25(23)36(33-27)26-8-4-5-14-38-26/h6-7,11,15-19,22,26H,4-5,8-10,12-14H2,1-3H3. The topological polar surface area (TPSA) is 100 Å². The Morgan fingerprint density at radius 1 is 1.08 bits per heavy atom. The summed E-state index contributed by atoms with van der Waals surface area (Å²) in [6.45, 7) is 7.71. The van der Waals surface area contributed by atoms with Gasteiger partial charge in [0.25, 0.3) is 0 Å². The fourth-order valence-electron chi connectivity index (χ4n) is 5.36. The van der Waals surface area contributed by atoms with E-state index in [1.807, 2.05) is 60.9 Å². The third-order valence-electron chi connectivity index (χ3n) is 7.34. The number of rotatable bonds is 4. The van der Waals surface area contributed by atoms with Gasteiger partial charge in [-0.3, -0.25) is 14.6 Å². The van der Waals surface area contributed by atoms with Gasteiger partial charge in [-0.2, -0.15) is 10.2 Å². The molecule has 6 rings (SSSR count). The van der Waals surface area contributed by atoms with Gasteiger partial charge >= 0.3 is 6.09 Å². The van der Waals surface area contributed by atoms with E-state index in [9.17, 15) is 4.79 Å². The first kappa shape index (κ1) is 25.5. The Bertz CT molecular complexity index is 1440. The van der Waals surface area contributed by atoms with E-state index in [0.717, 1.165) is 72.1 Å².